The van der Waals surface area contributed by atoms with E-state index in [9.17, 15) is 4.79 Å². The van der Waals surface area contributed by atoms with E-state index in [1.807, 2.05) is 13.8 Å². The lowest BCUT2D eigenvalue weighted by atomic mass is 9.99. The van der Waals surface area contributed by atoms with E-state index in [0.29, 0.717) is 44.2 Å². The van der Waals surface area contributed by atoms with Gasteiger partial charge in [-0.2, -0.15) is 0 Å². The van der Waals surface area contributed by atoms with E-state index in [1.165, 1.54) is 0 Å². The number of ether oxygens (including phenoxy) is 2. The molecule has 1 spiro atoms. The first-order chi connectivity index (χ1) is 10.5. The Labute approximate surface area is 129 Å². The summed E-state index contributed by atoms with van der Waals surface area (Å²) < 4.78 is 16.7. The molecule has 2 fully saturated rings. The molecule has 7 heteroatoms. The lowest BCUT2D eigenvalue weighted by molar-refractivity contribution is -0.136. The summed E-state index contributed by atoms with van der Waals surface area (Å²) in [4.78, 5) is 14.4. The van der Waals surface area contributed by atoms with Gasteiger partial charge in [-0.15, -0.1) is 0 Å². The summed E-state index contributed by atoms with van der Waals surface area (Å²) in [6.07, 6.45) is 1.54. The maximum atomic E-state index is 12.6. The number of carbonyl (C=O) groups excluding carboxylic acids is 1. The number of hydrogen-bond acceptors (Lipinski definition) is 5. The highest BCUT2D eigenvalue weighted by atomic mass is 16.6. The molecule has 7 nitrogen and oxygen atoms in total. The van der Waals surface area contributed by atoms with Crippen molar-refractivity contribution in [1.82, 2.24) is 10.1 Å². The van der Waals surface area contributed by atoms with Crippen LogP contribution in [0.1, 0.15) is 31.7 Å². The van der Waals surface area contributed by atoms with Crippen molar-refractivity contribution < 1.29 is 18.8 Å². The van der Waals surface area contributed by atoms with Crippen LogP contribution in [0, 0.1) is 6.92 Å². The molecule has 22 heavy (non-hydrogen) atoms. The van der Waals surface area contributed by atoms with Gasteiger partial charge in [0.1, 0.15) is 17.0 Å². The summed E-state index contributed by atoms with van der Waals surface area (Å²) in [5.74, 6) is 0.630. The summed E-state index contributed by atoms with van der Waals surface area (Å²) in [6.45, 7) is 8.13. The van der Waals surface area contributed by atoms with E-state index in [4.69, 9.17) is 14.0 Å². The van der Waals surface area contributed by atoms with Crippen molar-refractivity contribution in [2.75, 3.05) is 31.6 Å². The summed E-state index contributed by atoms with van der Waals surface area (Å²) in [5.41, 5.74) is 1.10. The van der Waals surface area contributed by atoms with Crippen LogP contribution < -0.4 is 5.32 Å². The van der Waals surface area contributed by atoms with E-state index < -0.39 is 0 Å². The number of morpholine rings is 1. The molecule has 2 saturated heterocycles. The third-order valence-electron chi connectivity index (χ3n) is 4.26. The number of aryl methyl sites for hydroxylation is 2. The minimum absolute atomic E-state index is 0.00424. The van der Waals surface area contributed by atoms with Gasteiger partial charge >= 0.3 is 6.03 Å². The molecule has 0 aromatic carbocycles. The molecule has 0 aliphatic carbocycles. The fourth-order valence-corrected chi connectivity index (χ4v) is 3.19. The van der Waals surface area contributed by atoms with Gasteiger partial charge in [-0.05, 0) is 20.3 Å². The molecule has 0 radical (unpaired) electrons. The monoisotopic (exact) mass is 309 g/mol. The van der Waals surface area contributed by atoms with Crippen molar-refractivity contribution in [2.24, 2.45) is 0 Å². The standard InChI is InChI=1S/C15H23N3O4/c1-4-12-13(11(3)22-17-12)16-14(19)18-7-10(2)21-15(8-18)5-6-20-9-15/h10H,4-9H2,1-3H3,(H,16,19)/t10-,15+/m1/s1. The number of rotatable bonds is 2. The maximum absolute atomic E-state index is 12.6. The zero-order valence-corrected chi connectivity index (χ0v) is 13.3. The molecule has 2 amide bonds. The quantitative estimate of drug-likeness (QED) is 0.903. The minimum atomic E-state index is -0.355. The molecule has 2 aliphatic rings. The van der Waals surface area contributed by atoms with Gasteiger partial charge < -0.3 is 24.2 Å². The van der Waals surface area contributed by atoms with Crippen molar-refractivity contribution in [3.63, 3.8) is 0 Å². The van der Waals surface area contributed by atoms with E-state index >= 15 is 0 Å². The van der Waals surface area contributed by atoms with Crippen LogP contribution in [0.4, 0.5) is 10.5 Å². The van der Waals surface area contributed by atoms with E-state index in [2.05, 4.69) is 10.5 Å². The first-order valence-electron chi connectivity index (χ1n) is 7.79. The Morgan fingerprint density at radius 3 is 3.05 bits per heavy atom. The van der Waals surface area contributed by atoms with Gasteiger partial charge in [0.2, 0.25) is 0 Å². The number of nitrogens with one attached hydrogen (secondary N) is 1. The Kier molecular flexibility index (Phi) is 4.10. The Balaban J connectivity index is 1.72. The molecule has 1 aromatic rings. The normalized spacial score (nSPS) is 28.3. The predicted octanol–water partition coefficient (Wildman–Crippen LogP) is 1.96. The van der Waals surface area contributed by atoms with Gasteiger partial charge in [-0.3, -0.25) is 0 Å². The van der Waals surface area contributed by atoms with Crippen molar-refractivity contribution in [3.05, 3.63) is 11.5 Å². The first kappa shape index (κ1) is 15.3. The summed E-state index contributed by atoms with van der Waals surface area (Å²) in [5, 5.41) is 6.91. The summed E-state index contributed by atoms with van der Waals surface area (Å²) in [6, 6.07) is -0.137. The molecule has 2 aliphatic heterocycles. The fraction of sp³-hybridized carbons (Fsp3) is 0.733. The van der Waals surface area contributed by atoms with Gasteiger partial charge in [0, 0.05) is 19.6 Å². The highest BCUT2D eigenvalue weighted by Crippen LogP contribution is 2.30. The van der Waals surface area contributed by atoms with Crippen LogP contribution in [0.3, 0.4) is 0 Å². The molecule has 0 bridgehead atoms. The van der Waals surface area contributed by atoms with Gasteiger partial charge in [0.05, 0.1) is 19.3 Å². The fourth-order valence-electron chi connectivity index (χ4n) is 3.19. The largest absolute Gasteiger partial charge is 0.378 e. The second-order valence-corrected chi connectivity index (χ2v) is 6.14. The second kappa shape index (κ2) is 5.89. The Morgan fingerprint density at radius 1 is 1.55 bits per heavy atom. The topological polar surface area (TPSA) is 76.8 Å². The number of carbonyl (C=O) groups is 1. The lowest BCUT2D eigenvalue weighted by Crippen LogP contribution is -2.57. The average molecular weight is 309 g/mol. The predicted molar refractivity (Wildman–Crippen MR) is 79.9 cm³/mol. The molecule has 0 saturated carbocycles. The van der Waals surface area contributed by atoms with Crippen LogP contribution in [0.25, 0.3) is 0 Å². The van der Waals surface area contributed by atoms with Crippen molar-refractivity contribution in [2.45, 2.75) is 45.3 Å². The van der Waals surface area contributed by atoms with Crippen LogP contribution in [-0.2, 0) is 15.9 Å². The van der Waals surface area contributed by atoms with Crippen LogP contribution in [0.5, 0.6) is 0 Å². The first-order valence-corrected chi connectivity index (χ1v) is 7.79. The summed E-state index contributed by atoms with van der Waals surface area (Å²) in [7, 11) is 0. The van der Waals surface area contributed by atoms with Gasteiger partial charge in [-0.1, -0.05) is 12.1 Å². The highest BCUT2D eigenvalue weighted by Gasteiger charge is 2.44. The molecule has 1 N–H and O–H groups in total. The molecular formula is C15H23N3O4. The minimum Gasteiger partial charge on any atom is -0.378 e. The molecule has 0 unspecified atom stereocenters. The van der Waals surface area contributed by atoms with Crippen molar-refractivity contribution >= 4 is 11.7 Å². The van der Waals surface area contributed by atoms with E-state index in [1.54, 1.807) is 11.8 Å². The van der Waals surface area contributed by atoms with Crippen LogP contribution in [0.15, 0.2) is 4.52 Å². The Morgan fingerprint density at radius 2 is 2.36 bits per heavy atom. The molecule has 1 aromatic heterocycles. The third kappa shape index (κ3) is 2.83. The van der Waals surface area contributed by atoms with Crippen molar-refractivity contribution in [1.29, 1.82) is 0 Å². The number of amides is 2. The molecule has 3 rings (SSSR count). The van der Waals surface area contributed by atoms with Gasteiger partial charge in [-0.25, -0.2) is 4.79 Å². The van der Waals surface area contributed by atoms with Crippen molar-refractivity contribution in [3.8, 4) is 0 Å². The third-order valence-corrected chi connectivity index (χ3v) is 4.26. The highest BCUT2D eigenvalue weighted by molar-refractivity contribution is 5.90. The molecule has 122 valence electrons. The smallest absolute Gasteiger partial charge is 0.322 e. The number of hydrogen-bond donors (Lipinski definition) is 1. The average Bonchev–Trinajstić information content (AvgIpc) is 3.06. The molecule has 2 atom stereocenters. The van der Waals surface area contributed by atoms with E-state index in [-0.39, 0.29) is 17.7 Å². The zero-order valence-electron chi connectivity index (χ0n) is 13.3. The second-order valence-electron chi connectivity index (χ2n) is 6.14. The maximum Gasteiger partial charge on any atom is 0.322 e. The zero-order chi connectivity index (χ0) is 15.7. The Hall–Kier alpha value is -1.60. The van der Waals surface area contributed by atoms with E-state index in [0.717, 1.165) is 12.1 Å². The van der Waals surface area contributed by atoms with Crippen LogP contribution in [-0.4, -0.2) is 54.1 Å². The van der Waals surface area contributed by atoms with Gasteiger partial charge in [0.25, 0.3) is 0 Å². The summed E-state index contributed by atoms with van der Waals surface area (Å²) >= 11 is 0. The SMILES string of the molecule is CCc1noc(C)c1NC(=O)N1C[C@@H](C)O[C@@]2(CCOC2)C1. The number of anilines is 1. The number of aromatic nitrogens is 1. The van der Waals surface area contributed by atoms with Crippen LogP contribution in [0.2, 0.25) is 0 Å². The number of nitrogens with zero attached hydrogens (tertiary/aromatic N) is 2. The van der Waals surface area contributed by atoms with Gasteiger partial charge in [0.15, 0.2) is 5.76 Å². The lowest BCUT2D eigenvalue weighted by Gasteiger charge is -2.42. The Bertz CT molecular complexity index is 551. The molecular weight excluding hydrogens is 286 g/mol. The number of urea groups is 1. The molecule has 3 heterocycles. The van der Waals surface area contributed by atoms with Crippen LogP contribution >= 0.6 is 0 Å².